The van der Waals surface area contributed by atoms with Crippen LogP contribution in [0, 0.1) is 6.92 Å². The lowest BCUT2D eigenvalue weighted by Crippen LogP contribution is -1.96. The predicted molar refractivity (Wildman–Crippen MR) is 54.7 cm³/mol. The lowest BCUT2D eigenvalue weighted by atomic mass is 10.2. The number of aryl methyl sites for hydroxylation is 1. The molecule has 0 fully saturated rings. The highest BCUT2D eigenvalue weighted by atomic mass is 35.7. The number of halogens is 2. The topological polar surface area (TPSA) is 34.1 Å². The molecule has 0 aliphatic heterocycles. The van der Waals surface area contributed by atoms with Crippen LogP contribution in [0.1, 0.15) is 11.1 Å². The van der Waals surface area contributed by atoms with E-state index in [-0.39, 0.29) is 5.75 Å². The molecule has 0 heterocycles. The zero-order valence-electron chi connectivity index (χ0n) is 6.92. The lowest BCUT2D eigenvalue weighted by molar-refractivity contribution is 0.609. The molecule has 0 atom stereocenters. The summed E-state index contributed by atoms with van der Waals surface area (Å²) in [5.41, 5.74) is 1.39. The van der Waals surface area contributed by atoms with Gasteiger partial charge in [0.05, 0.1) is 5.75 Å². The molecule has 0 N–H and O–H groups in total. The van der Waals surface area contributed by atoms with E-state index >= 15 is 0 Å². The Morgan fingerprint density at radius 3 is 2.54 bits per heavy atom. The molecular formula is C8H8Cl2O2S. The van der Waals surface area contributed by atoms with Crippen molar-refractivity contribution in [2.24, 2.45) is 0 Å². The van der Waals surface area contributed by atoms with Gasteiger partial charge in [-0.3, -0.25) is 0 Å². The molecule has 0 amide bonds. The fourth-order valence-electron chi connectivity index (χ4n) is 1.01. The molecule has 0 bridgehead atoms. The number of hydrogen-bond acceptors (Lipinski definition) is 2. The second-order valence-electron chi connectivity index (χ2n) is 2.73. The Bertz CT molecular complexity index is 412. The summed E-state index contributed by atoms with van der Waals surface area (Å²) in [7, 11) is 1.58. The Balaban J connectivity index is 3.10. The van der Waals surface area contributed by atoms with Crippen LogP contribution < -0.4 is 0 Å². The van der Waals surface area contributed by atoms with Crippen LogP contribution in [-0.4, -0.2) is 8.42 Å². The first kappa shape index (κ1) is 10.8. The molecule has 0 saturated heterocycles. The molecule has 2 nitrogen and oxygen atoms in total. The Labute approximate surface area is 86.9 Å². The van der Waals surface area contributed by atoms with Crippen molar-refractivity contribution in [2.45, 2.75) is 12.7 Å². The molecule has 0 unspecified atom stereocenters. The van der Waals surface area contributed by atoms with E-state index in [1.807, 2.05) is 13.0 Å². The number of rotatable bonds is 2. The van der Waals surface area contributed by atoms with Crippen molar-refractivity contribution in [3.8, 4) is 0 Å². The summed E-state index contributed by atoms with van der Waals surface area (Å²) in [5, 5.41) is 0.465. The summed E-state index contributed by atoms with van der Waals surface area (Å²) >= 11 is 5.88. The van der Waals surface area contributed by atoms with E-state index in [9.17, 15) is 8.42 Å². The fraction of sp³-hybridized carbons (Fsp3) is 0.250. The normalized spacial score (nSPS) is 11.6. The van der Waals surface area contributed by atoms with Crippen molar-refractivity contribution in [1.29, 1.82) is 0 Å². The molecule has 0 aliphatic carbocycles. The quantitative estimate of drug-likeness (QED) is 0.743. The zero-order chi connectivity index (χ0) is 10.1. The van der Waals surface area contributed by atoms with Crippen molar-refractivity contribution in [3.63, 3.8) is 0 Å². The van der Waals surface area contributed by atoms with Gasteiger partial charge in [-0.15, -0.1) is 0 Å². The molecule has 0 saturated carbocycles. The monoisotopic (exact) mass is 238 g/mol. The highest BCUT2D eigenvalue weighted by Gasteiger charge is 2.10. The van der Waals surface area contributed by atoms with Crippen LogP contribution >= 0.6 is 22.3 Å². The van der Waals surface area contributed by atoms with Crippen LogP contribution in [0.4, 0.5) is 0 Å². The molecule has 5 heteroatoms. The van der Waals surface area contributed by atoms with E-state index < -0.39 is 9.05 Å². The average Bonchev–Trinajstić information content (AvgIpc) is 1.96. The van der Waals surface area contributed by atoms with Gasteiger partial charge < -0.3 is 0 Å². The van der Waals surface area contributed by atoms with Gasteiger partial charge in [0.1, 0.15) is 0 Å². The second-order valence-corrected chi connectivity index (χ2v) is 5.89. The van der Waals surface area contributed by atoms with Crippen LogP contribution in [-0.2, 0) is 14.8 Å². The van der Waals surface area contributed by atoms with Gasteiger partial charge >= 0.3 is 0 Å². The van der Waals surface area contributed by atoms with E-state index in [2.05, 4.69) is 0 Å². The minimum atomic E-state index is -3.53. The fourth-order valence-corrected chi connectivity index (χ4v) is 2.24. The van der Waals surface area contributed by atoms with Gasteiger partial charge in [0.15, 0.2) is 0 Å². The summed E-state index contributed by atoms with van der Waals surface area (Å²) in [6.07, 6.45) is 0. The minimum Gasteiger partial charge on any atom is -0.212 e. The largest absolute Gasteiger partial charge is 0.236 e. The second kappa shape index (κ2) is 3.86. The Morgan fingerprint density at radius 2 is 2.00 bits per heavy atom. The molecule has 1 aromatic rings. The summed E-state index contributed by atoms with van der Waals surface area (Å²) in [6, 6.07) is 5.21. The zero-order valence-corrected chi connectivity index (χ0v) is 9.25. The molecule has 72 valence electrons. The van der Waals surface area contributed by atoms with Crippen molar-refractivity contribution in [2.75, 3.05) is 0 Å². The SMILES string of the molecule is Cc1cccc(CS(=O)(=O)Cl)c1Cl. The predicted octanol–water partition coefficient (Wildman–Crippen LogP) is 2.72. The third-order valence-electron chi connectivity index (χ3n) is 1.60. The van der Waals surface area contributed by atoms with Gasteiger partial charge in [-0.2, -0.15) is 0 Å². The van der Waals surface area contributed by atoms with Crippen molar-refractivity contribution in [3.05, 3.63) is 34.3 Å². The Hall–Kier alpha value is -0.250. The van der Waals surface area contributed by atoms with Gasteiger partial charge in [-0.05, 0) is 18.1 Å². The first-order valence-corrected chi connectivity index (χ1v) is 6.42. The summed E-state index contributed by atoms with van der Waals surface area (Å²) in [5.74, 6) is -0.227. The first-order valence-electron chi connectivity index (χ1n) is 3.56. The molecule has 1 aromatic carbocycles. The first-order chi connectivity index (χ1) is 5.90. The molecule has 13 heavy (non-hydrogen) atoms. The Morgan fingerprint density at radius 1 is 1.38 bits per heavy atom. The number of hydrogen-bond donors (Lipinski definition) is 0. The van der Waals surface area contributed by atoms with Crippen LogP contribution in [0.25, 0.3) is 0 Å². The van der Waals surface area contributed by atoms with Crippen molar-refractivity contribution >= 4 is 31.3 Å². The molecule has 0 radical (unpaired) electrons. The summed E-state index contributed by atoms with van der Waals surface area (Å²) in [6.45, 7) is 1.81. The molecular weight excluding hydrogens is 231 g/mol. The third-order valence-corrected chi connectivity index (χ3v) is 3.12. The van der Waals surface area contributed by atoms with Gasteiger partial charge in [0, 0.05) is 15.7 Å². The highest BCUT2D eigenvalue weighted by molar-refractivity contribution is 8.13. The van der Waals surface area contributed by atoms with E-state index in [0.29, 0.717) is 10.6 Å². The van der Waals surface area contributed by atoms with Crippen molar-refractivity contribution in [1.82, 2.24) is 0 Å². The lowest BCUT2D eigenvalue weighted by Gasteiger charge is -2.03. The van der Waals surface area contributed by atoms with Crippen LogP contribution in [0.15, 0.2) is 18.2 Å². The molecule has 0 aromatic heterocycles. The van der Waals surface area contributed by atoms with Gasteiger partial charge in [-0.1, -0.05) is 29.8 Å². The Kier molecular flexibility index (Phi) is 3.22. The average molecular weight is 239 g/mol. The third kappa shape index (κ3) is 3.18. The van der Waals surface area contributed by atoms with E-state index in [4.69, 9.17) is 22.3 Å². The summed E-state index contributed by atoms with van der Waals surface area (Å²) < 4.78 is 21.5. The molecule has 1 rings (SSSR count). The highest BCUT2D eigenvalue weighted by Crippen LogP contribution is 2.23. The van der Waals surface area contributed by atoms with Crippen LogP contribution in [0.5, 0.6) is 0 Å². The maximum atomic E-state index is 10.8. The minimum absolute atomic E-state index is 0.227. The maximum Gasteiger partial charge on any atom is 0.236 e. The van der Waals surface area contributed by atoms with Gasteiger partial charge in [0.2, 0.25) is 9.05 Å². The maximum absolute atomic E-state index is 10.8. The van der Waals surface area contributed by atoms with E-state index in [1.54, 1.807) is 12.1 Å². The van der Waals surface area contributed by atoms with E-state index in [1.165, 1.54) is 0 Å². The van der Waals surface area contributed by atoms with Gasteiger partial charge in [-0.25, -0.2) is 8.42 Å². The number of benzene rings is 1. The molecule has 0 spiro atoms. The van der Waals surface area contributed by atoms with Crippen LogP contribution in [0.3, 0.4) is 0 Å². The van der Waals surface area contributed by atoms with E-state index in [0.717, 1.165) is 5.56 Å². The van der Waals surface area contributed by atoms with Crippen molar-refractivity contribution < 1.29 is 8.42 Å². The van der Waals surface area contributed by atoms with Crippen LogP contribution in [0.2, 0.25) is 5.02 Å². The molecule has 0 aliphatic rings. The standard InChI is InChI=1S/C8H8Cl2O2S/c1-6-3-2-4-7(8(6)9)5-13(10,11)12/h2-4H,5H2,1H3. The smallest absolute Gasteiger partial charge is 0.212 e. The summed E-state index contributed by atoms with van der Waals surface area (Å²) in [4.78, 5) is 0. The van der Waals surface area contributed by atoms with Gasteiger partial charge in [0.25, 0.3) is 0 Å².